The standard InChI is InChI=1S/C4H5N3O/c5-4-3(2-8)1-6-7-4/h1-2H,(H3,5,6,7). The van der Waals surface area contributed by atoms with Crippen molar-refractivity contribution in [2.45, 2.75) is 0 Å². The van der Waals surface area contributed by atoms with E-state index in [0.717, 1.165) is 0 Å². The van der Waals surface area contributed by atoms with Crippen molar-refractivity contribution in [2.75, 3.05) is 5.73 Å². The first kappa shape index (κ1) is 4.83. The fourth-order valence-electron chi connectivity index (χ4n) is 0.399. The maximum absolute atomic E-state index is 9.95. The SMILES string of the molecule is Nc1[nH]ncc1C=O. The van der Waals surface area contributed by atoms with Crippen LogP contribution in [0.4, 0.5) is 5.82 Å². The highest BCUT2D eigenvalue weighted by Crippen LogP contribution is 1.99. The van der Waals surface area contributed by atoms with Gasteiger partial charge < -0.3 is 5.73 Å². The molecule has 0 bridgehead atoms. The van der Waals surface area contributed by atoms with Crippen LogP contribution >= 0.6 is 0 Å². The maximum Gasteiger partial charge on any atom is 0.155 e. The van der Waals surface area contributed by atoms with Crippen LogP contribution in [0.15, 0.2) is 6.20 Å². The van der Waals surface area contributed by atoms with E-state index in [2.05, 4.69) is 10.2 Å². The molecule has 0 atom stereocenters. The summed E-state index contributed by atoms with van der Waals surface area (Å²) in [5.74, 6) is 0.319. The number of hydrogen-bond acceptors (Lipinski definition) is 3. The third kappa shape index (κ3) is 0.556. The van der Waals surface area contributed by atoms with E-state index in [0.29, 0.717) is 17.7 Å². The molecule has 0 aromatic carbocycles. The van der Waals surface area contributed by atoms with Crippen molar-refractivity contribution in [1.82, 2.24) is 10.2 Å². The number of nitrogens with two attached hydrogens (primary N) is 1. The molecule has 0 unspecified atom stereocenters. The highest BCUT2D eigenvalue weighted by Gasteiger charge is 1.94. The average molecular weight is 111 g/mol. The lowest BCUT2D eigenvalue weighted by Crippen LogP contribution is -1.88. The Bertz CT molecular complexity index is 193. The van der Waals surface area contributed by atoms with Crippen molar-refractivity contribution in [1.29, 1.82) is 0 Å². The number of rotatable bonds is 1. The second kappa shape index (κ2) is 1.65. The first-order chi connectivity index (χ1) is 3.84. The third-order valence-corrected chi connectivity index (χ3v) is 0.827. The van der Waals surface area contributed by atoms with Crippen molar-refractivity contribution in [3.05, 3.63) is 11.8 Å². The zero-order valence-corrected chi connectivity index (χ0v) is 4.09. The van der Waals surface area contributed by atoms with Gasteiger partial charge in [0.05, 0.1) is 11.8 Å². The topological polar surface area (TPSA) is 71.8 Å². The Morgan fingerprint density at radius 3 is 2.88 bits per heavy atom. The van der Waals surface area contributed by atoms with Gasteiger partial charge in [0, 0.05) is 0 Å². The van der Waals surface area contributed by atoms with E-state index in [1.54, 1.807) is 0 Å². The number of hydrogen-bond donors (Lipinski definition) is 2. The Morgan fingerprint density at radius 2 is 2.62 bits per heavy atom. The van der Waals surface area contributed by atoms with Crippen LogP contribution in [0.5, 0.6) is 0 Å². The van der Waals surface area contributed by atoms with Crippen LogP contribution in [0.25, 0.3) is 0 Å². The molecule has 0 saturated heterocycles. The molecular formula is C4H5N3O. The second-order valence-corrected chi connectivity index (χ2v) is 1.36. The number of aromatic amines is 1. The summed E-state index contributed by atoms with van der Waals surface area (Å²) in [7, 11) is 0. The smallest absolute Gasteiger partial charge is 0.155 e. The van der Waals surface area contributed by atoms with Crippen LogP contribution in [-0.4, -0.2) is 16.5 Å². The third-order valence-electron chi connectivity index (χ3n) is 0.827. The van der Waals surface area contributed by atoms with E-state index in [9.17, 15) is 4.79 Å². The number of carbonyl (C=O) groups excluding carboxylic acids is 1. The number of H-pyrrole nitrogens is 1. The minimum Gasteiger partial charge on any atom is -0.383 e. The molecule has 1 aromatic heterocycles. The lowest BCUT2D eigenvalue weighted by Gasteiger charge is -1.79. The minimum atomic E-state index is 0.319. The van der Waals surface area contributed by atoms with Crippen LogP contribution in [0.2, 0.25) is 0 Å². The molecule has 0 aliphatic rings. The lowest BCUT2D eigenvalue weighted by atomic mass is 10.4. The van der Waals surface area contributed by atoms with Crippen LogP contribution in [0, 0.1) is 0 Å². The van der Waals surface area contributed by atoms with Gasteiger partial charge in [-0.25, -0.2) is 0 Å². The summed E-state index contributed by atoms with van der Waals surface area (Å²) in [5.41, 5.74) is 5.61. The maximum atomic E-state index is 9.95. The molecule has 0 spiro atoms. The number of nitrogens with one attached hydrogen (secondary N) is 1. The molecule has 0 saturated carbocycles. The number of anilines is 1. The minimum absolute atomic E-state index is 0.319. The summed E-state index contributed by atoms with van der Waals surface area (Å²) in [6.45, 7) is 0. The number of nitrogens with zero attached hydrogens (tertiary/aromatic N) is 1. The summed E-state index contributed by atoms with van der Waals surface area (Å²) in [5, 5.41) is 5.93. The fraction of sp³-hybridized carbons (Fsp3) is 0. The van der Waals surface area contributed by atoms with Crippen LogP contribution in [0.1, 0.15) is 10.4 Å². The van der Waals surface area contributed by atoms with Gasteiger partial charge in [0.25, 0.3) is 0 Å². The van der Waals surface area contributed by atoms with Gasteiger partial charge in [-0.2, -0.15) is 5.10 Å². The summed E-state index contributed by atoms with van der Waals surface area (Å²) < 4.78 is 0. The summed E-state index contributed by atoms with van der Waals surface area (Å²) in [6, 6.07) is 0. The molecule has 0 radical (unpaired) electrons. The van der Waals surface area contributed by atoms with Gasteiger partial charge in [0.2, 0.25) is 0 Å². The Labute approximate surface area is 45.7 Å². The molecule has 0 amide bonds. The van der Waals surface area contributed by atoms with Gasteiger partial charge in [-0.05, 0) is 0 Å². The van der Waals surface area contributed by atoms with E-state index in [4.69, 9.17) is 5.73 Å². The van der Waals surface area contributed by atoms with Gasteiger partial charge in [-0.3, -0.25) is 9.89 Å². The van der Waals surface area contributed by atoms with Crippen molar-refractivity contribution in [2.24, 2.45) is 0 Å². The van der Waals surface area contributed by atoms with E-state index in [-0.39, 0.29) is 0 Å². The Morgan fingerprint density at radius 1 is 1.88 bits per heavy atom. The van der Waals surface area contributed by atoms with Crippen molar-refractivity contribution >= 4 is 12.1 Å². The predicted octanol–water partition coefficient (Wildman–Crippen LogP) is -0.196. The summed E-state index contributed by atoms with van der Waals surface area (Å²) >= 11 is 0. The van der Waals surface area contributed by atoms with E-state index >= 15 is 0 Å². The number of aldehydes is 1. The normalized spacial score (nSPS) is 9.00. The van der Waals surface area contributed by atoms with Crippen LogP contribution in [-0.2, 0) is 0 Å². The van der Waals surface area contributed by atoms with Gasteiger partial charge >= 0.3 is 0 Å². The Kier molecular flexibility index (Phi) is 0.997. The van der Waals surface area contributed by atoms with Gasteiger partial charge in [0.1, 0.15) is 5.82 Å². The van der Waals surface area contributed by atoms with Crippen LogP contribution < -0.4 is 5.73 Å². The zero-order chi connectivity index (χ0) is 5.98. The molecule has 3 N–H and O–H groups in total. The molecule has 0 aliphatic heterocycles. The Balaban J connectivity index is 3.09. The summed E-state index contributed by atoms with van der Waals surface area (Å²) in [4.78, 5) is 9.95. The van der Waals surface area contributed by atoms with Crippen LogP contribution in [0.3, 0.4) is 0 Å². The molecule has 1 heterocycles. The van der Waals surface area contributed by atoms with Gasteiger partial charge in [-0.15, -0.1) is 0 Å². The quantitative estimate of drug-likeness (QED) is 0.493. The van der Waals surface area contributed by atoms with E-state index in [1.807, 2.05) is 0 Å². The number of aromatic nitrogens is 2. The molecule has 8 heavy (non-hydrogen) atoms. The fourth-order valence-corrected chi connectivity index (χ4v) is 0.399. The largest absolute Gasteiger partial charge is 0.383 e. The van der Waals surface area contributed by atoms with Crippen molar-refractivity contribution < 1.29 is 4.79 Å². The monoisotopic (exact) mass is 111 g/mol. The summed E-state index contributed by atoms with van der Waals surface area (Å²) in [6.07, 6.45) is 2.03. The molecule has 4 heteroatoms. The average Bonchev–Trinajstić information content (AvgIpc) is 2.14. The van der Waals surface area contributed by atoms with E-state index < -0.39 is 0 Å². The number of carbonyl (C=O) groups is 1. The first-order valence-corrected chi connectivity index (χ1v) is 2.08. The molecule has 0 aliphatic carbocycles. The van der Waals surface area contributed by atoms with Crippen molar-refractivity contribution in [3.63, 3.8) is 0 Å². The van der Waals surface area contributed by atoms with Crippen molar-refractivity contribution in [3.8, 4) is 0 Å². The molecule has 1 rings (SSSR count). The first-order valence-electron chi connectivity index (χ1n) is 2.08. The highest BCUT2D eigenvalue weighted by atomic mass is 16.1. The molecule has 42 valence electrons. The highest BCUT2D eigenvalue weighted by molar-refractivity contribution is 5.80. The zero-order valence-electron chi connectivity index (χ0n) is 4.09. The van der Waals surface area contributed by atoms with Gasteiger partial charge in [-0.1, -0.05) is 0 Å². The second-order valence-electron chi connectivity index (χ2n) is 1.36. The Hall–Kier alpha value is -1.32. The molecule has 1 aromatic rings. The lowest BCUT2D eigenvalue weighted by molar-refractivity contribution is 0.112. The molecular weight excluding hydrogens is 106 g/mol. The molecule has 0 fully saturated rings. The van der Waals surface area contributed by atoms with Gasteiger partial charge in [0.15, 0.2) is 6.29 Å². The van der Waals surface area contributed by atoms with E-state index in [1.165, 1.54) is 6.20 Å². The predicted molar refractivity (Wildman–Crippen MR) is 28.4 cm³/mol. The number of nitrogen functional groups attached to an aromatic ring is 1. The molecule has 4 nitrogen and oxygen atoms in total.